The fourth-order valence-electron chi connectivity index (χ4n) is 3.20. The second kappa shape index (κ2) is 8.53. The first-order valence-corrected chi connectivity index (χ1v) is 9.28. The van der Waals surface area contributed by atoms with E-state index in [1.165, 1.54) is 6.07 Å². The van der Waals surface area contributed by atoms with E-state index in [9.17, 15) is 20.0 Å². The maximum absolute atomic E-state index is 12.6. The molecule has 0 spiro atoms. The van der Waals surface area contributed by atoms with E-state index < -0.39 is 17.5 Å². The molecule has 0 amide bonds. The lowest BCUT2D eigenvalue weighted by molar-refractivity contribution is -0.143. The molecule has 0 atom stereocenters. The van der Waals surface area contributed by atoms with Crippen LogP contribution in [0.1, 0.15) is 41.4 Å². The normalized spacial score (nSPS) is 10.5. The lowest BCUT2D eigenvalue weighted by Gasteiger charge is -2.12. The SMILES string of the molecule is CCOC(=O)CCC(=O)c1nc(-c2ccc(C)c3ccccc23)cc(C#N)c1O. The topological polar surface area (TPSA) is 100 Å². The van der Waals surface area contributed by atoms with Crippen molar-refractivity contribution in [1.82, 2.24) is 4.98 Å². The van der Waals surface area contributed by atoms with E-state index in [1.807, 2.05) is 49.4 Å². The van der Waals surface area contributed by atoms with Crippen molar-refractivity contribution in [2.75, 3.05) is 6.61 Å². The zero-order valence-electron chi connectivity index (χ0n) is 16.2. The number of nitrogens with zero attached hydrogens (tertiary/aromatic N) is 2. The number of aromatic hydroxyl groups is 1. The average molecular weight is 388 g/mol. The molecule has 0 radical (unpaired) electrons. The van der Waals surface area contributed by atoms with E-state index in [-0.39, 0.29) is 30.7 Å². The van der Waals surface area contributed by atoms with E-state index >= 15 is 0 Å². The summed E-state index contributed by atoms with van der Waals surface area (Å²) in [6.45, 7) is 3.91. The first-order chi connectivity index (χ1) is 14.0. The molecule has 3 aromatic rings. The first kappa shape index (κ1) is 20.0. The predicted octanol–water partition coefficient (Wildman–Crippen LogP) is 4.31. The highest BCUT2D eigenvalue weighted by atomic mass is 16.5. The zero-order valence-corrected chi connectivity index (χ0v) is 16.2. The van der Waals surface area contributed by atoms with Crippen LogP contribution in [0.3, 0.4) is 0 Å². The number of hydrogen-bond acceptors (Lipinski definition) is 6. The number of aromatic nitrogens is 1. The summed E-state index contributed by atoms with van der Waals surface area (Å²) in [6, 6.07) is 15.0. The van der Waals surface area contributed by atoms with Crippen LogP contribution in [0.5, 0.6) is 5.75 Å². The van der Waals surface area contributed by atoms with Crippen LogP contribution in [-0.4, -0.2) is 28.4 Å². The van der Waals surface area contributed by atoms with Crippen LogP contribution in [0, 0.1) is 18.3 Å². The third-order valence-electron chi connectivity index (χ3n) is 4.66. The molecule has 0 aliphatic carbocycles. The van der Waals surface area contributed by atoms with Gasteiger partial charge in [0, 0.05) is 12.0 Å². The maximum atomic E-state index is 12.6. The van der Waals surface area contributed by atoms with Gasteiger partial charge in [0.25, 0.3) is 0 Å². The minimum Gasteiger partial charge on any atom is -0.504 e. The van der Waals surface area contributed by atoms with Gasteiger partial charge in [0.2, 0.25) is 0 Å². The summed E-state index contributed by atoms with van der Waals surface area (Å²) in [5, 5.41) is 21.7. The Balaban J connectivity index is 2.08. The third-order valence-corrected chi connectivity index (χ3v) is 4.66. The molecule has 0 saturated carbocycles. The van der Waals surface area contributed by atoms with E-state index in [2.05, 4.69) is 4.98 Å². The highest BCUT2D eigenvalue weighted by molar-refractivity contribution is 6.01. The molecule has 1 N–H and O–H groups in total. The van der Waals surface area contributed by atoms with Crippen molar-refractivity contribution >= 4 is 22.5 Å². The predicted molar refractivity (Wildman–Crippen MR) is 108 cm³/mol. The number of Topliss-reactive ketones (excluding diaryl/α,β-unsaturated/α-hetero) is 1. The molecule has 1 aromatic heterocycles. The van der Waals surface area contributed by atoms with Crippen molar-refractivity contribution in [3.05, 3.63) is 59.3 Å². The van der Waals surface area contributed by atoms with Crippen LogP contribution >= 0.6 is 0 Å². The van der Waals surface area contributed by atoms with E-state index in [0.29, 0.717) is 5.69 Å². The van der Waals surface area contributed by atoms with Gasteiger partial charge in [0.1, 0.15) is 11.8 Å². The van der Waals surface area contributed by atoms with Crippen molar-refractivity contribution in [2.45, 2.75) is 26.7 Å². The van der Waals surface area contributed by atoms with Gasteiger partial charge < -0.3 is 9.84 Å². The van der Waals surface area contributed by atoms with Crippen molar-refractivity contribution in [3.8, 4) is 23.1 Å². The van der Waals surface area contributed by atoms with E-state index in [4.69, 9.17) is 4.74 Å². The second-order valence-electron chi connectivity index (χ2n) is 6.57. The molecule has 0 bridgehead atoms. The molecule has 0 aliphatic heterocycles. The monoisotopic (exact) mass is 388 g/mol. The van der Waals surface area contributed by atoms with Gasteiger partial charge in [-0.05, 0) is 36.2 Å². The molecular formula is C23H20N2O4. The van der Waals surface area contributed by atoms with Gasteiger partial charge in [0.15, 0.2) is 11.5 Å². The fraction of sp³-hybridized carbons (Fsp3) is 0.217. The van der Waals surface area contributed by atoms with Crippen LogP contribution in [0.25, 0.3) is 22.0 Å². The van der Waals surface area contributed by atoms with Crippen LogP contribution in [-0.2, 0) is 9.53 Å². The number of benzene rings is 2. The van der Waals surface area contributed by atoms with Crippen LogP contribution in [0.2, 0.25) is 0 Å². The minimum absolute atomic E-state index is 0.0425. The number of pyridine rings is 1. The Labute approximate surface area is 168 Å². The van der Waals surface area contributed by atoms with Crippen molar-refractivity contribution < 1.29 is 19.4 Å². The molecule has 6 heteroatoms. The Morgan fingerprint density at radius 2 is 1.86 bits per heavy atom. The number of ether oxygens (including phenoxy) is 1. The molecule has 0 aliphatic rings. The standard InChI is InChI=1S/C23H20N2O4/c1-3-29-21(27)11-10-20(26)22-23(28)15(13-24)12-19(25-22)18-9-8-14(2)16-6-4-5-7-17(16)18/h4-9,12,28H,3,10-11H2,1-2H3. The second-order valence-corrected chi connectivity index (χ2v) is 6.57. The number of fused-ring (bicyclic) bond motifs is 1. The quantitative estimate of drug-likeness (QED) is 0.499. The lowest BCUT2D eigenvalue weighted by atomic mass is 9.97. The summed E-state index contributed by atoms with van der Waals surface area (Å²) in [5.74, 6) is -1.49. The number of carbonyl (C=O) groups excluding carboxylic acids is 2. The Morgan fingerprint density at radius 3 is 2.55 bits per heavy atom. The molecule has 0 unspecified atom stereocenters. The number of esters is 1. The molecule has 2 aromatic carbocycles. The van der Waals surface area contributed by atoms with Crippen LogP contribution in [0.4, 0.5) is 0 Å². The number of rotatable bonds is 6. The fourth-order valence-corrected chi connectivity index (χ4v) is 3.20. The first-order valence-electron chi connectivity index (χ1n) is 9.28. The van der Waals surface area contributed by atoms with Gasteiger partial charge >= 0.3 is 5.97 Å². The van der Waals surface area contributed by atoms with E-state index in [1.54, 1.807) is 6.92 Å². The molecule has 1 heterocycles. The summed E-state index contributed by atoms with van der Waals surface area (Å²) in [6.07, 6.45) is -0.282. The van der Waals surface area contributed by atoms with Crippen molar-refractivity contribution in [3.63, 3.8) is 0 Å². The minimum atomic E-state index is -0.523. The summed E-state index contributed by atoms with van der Waals surface area (Å²) in [7, 11) is 0. The number of ketones is 1. The largest absolute Gasteiger partial charge is 0.504 e. The molecule has 3 rings (SSSR count). The molecular weight excluding hydrogens is 368 g/mol. The van der Waals surface area contributed by atoms with Crippen LogP contribution in [0.15, 0.2) is 42.5 Å². The zero-order chi connectivity index (χ0) is 21.0. The van der Waals surface area contributed by atoms with Gasteiger partial charge in [-0.15, -0.1) is 0 Å². The number of aryl methyl sites for hydroxylation is 1. The molecule has 146 valence electrons. The van der Waals surface area contributed by atoms with Gasteiger partial charge in [0.05, 0.1) is 24.3 Å². The maximum Gasteiger partial charge on any atom is 0.306 e. The molecule has 0 fully saturated rings. The van der Waals surface area contributed by atoms with E-state index in [0.717, 1.165) is 21.9 Å². The highest BCUT2D eigenvalue weighted by Crippen LogP contribution is 2.33. The Hall–Kier alpha value is -3.72. The smallest absolute Gasteiger partial charge is 0.306 e. The van der Waals surface area contributed by atoms with Crippen molar-refractivity contribution in [1.29, 1.82) is 5.26 Å². The summed E-state index contributed by atoms with van der Waals surface area (Å²) in [4.78, 5) is 28.5. The number of carbonyl (C=O) groups is 2. The lowest BCUT2D eigenvalue weighted by Crippen LogP contribution is -2.10. The Bertz CT molecular complexity index is 1150. The number of hydrogen-bond donors (Lipinski definition) is 1. The Kier molecular flexibility index (Phi) is 5.89. The van der Waals surface area contributed by atoms with Crippen molar-refractivity contribution in [2.24, 2.45) is 0 Å². The molecule has 0 saturated heterocycles. The molecule has 6 nitrogen and oxygen atoms in total. The van der Waals surface area contributed by atoms with Gasteiger partial charge in [-0.3, -0.25) is 9.59 Å². The Morgan fingerprint density at radius 1 is 1.14 bits per heavy atom. The summed E-state index contributed by atoms with van der Waals surface area (Å²) >= 11 is 0. The average Bonchev–Trinajstić information content (AvgIpc) is 2.73. The summed E-state index contributed by atoms with van der Waals surface area (Å²) < 4.78 is 4.83. The van der Waals surface area contributed by atoms with Gasteiger partial charge in [-0.2, -0.15) is 5.26 Å². The van der Waals surface area contributed by atoms with Gasteiger partial charge in [-0.25, -0.2) is 4.98 Å². The highest BCUT2D eigenvalue weighted by Gasteiger charge is 2.21. The van der Waals surface area contributed by atoms with Gasteiger partial charge in [-0.1, -0.05) is 36.4 Å². The third kappa shape index (κ3) is 4.09. The van der Waals surface area contributed by atoms with Crippen LogP contribution < -0.4 is 0 Å². The summed E-state index contributed by atoms with van der Waals surface area (Å²) in [5.41, 5.74) is 2.00. The number of nitriles is 1. The molecule has 29 heavy (non-hydrogen) atoms.